The van der Waals surface area contributed by atoms with Crippen molar-refractivity contribution < 1.29 is 13.2 Å². The van der Waals surface area contributed by atoms with Crippen LogP contribution in [0.2, 0.25) is 0 Å². The van der Waals surface area contributed by atoms with E-state index in [-0.39, 0.29) is 4.90 Å². The lowest BCUT2D eigenvalue weighted by atomic mass is 10.4. The third-order valence-corrected chi connectivity index (χ3v) is 1.71. The van der Waals surface area contributed by atoms with Crippen molar-refractivity contribution in [2.45, 2.75) is 4.90 Å². The van der Waals surface area contributed by atoms with Crippen molar-refractivity contribution in [1.82, 2.24) is 0 Å². The van der Waals surface area contributed by atoms with Crippen LogP contribution in [0.4, 0.5) is 4.39 Å². The van der Waals surface area contributed by atoms with Crippen molar-refractivity contribution in [2.75, 3.05) is 0 Å². The second kappa shape index (κ2) is 2.90. The molecule has 10 heavy (non-hydrogen) atoms. The molecular formula is C6H4FO2S-. The number of hydrogen-bond acceptors (Lipinski definition) is 2. The normalized spacial score (nSPS) is 13.0. The maximum atomic E-state index is 12.4. The third kappa shape index (κ3) is 1.40. The quantitative estimate of drug-likeness (QED) is 0.575. The molecule has 1 unspecified atom stereocenters. The molecule has 1 atom stereocenters. The second-order valence-electron chi connectivity index (χ2n) is 1.67. The molecule has 1 aromatic carbocycles. The van der Waals surface area contributed by atoms with Crippen molar-refractivity contribution in [2.24, 2.45) is 0 Å². The zero-order chi connectivity index (χ0) is 7.56. The summed E-state index contributed by atoms with van der Waals surface area (Å²) in [6.45, 7) is 0. The van der Waals surface area contributed by atoms with Crippen LogP contribution in [0.25, 0.3) is 0 Å². The van der Waals surface area contributed by atoms with E-state index in [0.717, 1.165) is 6.07 Å². The molecular weight excluding hydrogens is 155 g/mol. The van der Waals surface area contributed by atoms with Crippen LogP contribution in [0.3, 0.4) is 0 Å². The molecule has 54 valence electrons. The maximum absolute atomic E-state index is 12.4. The molecule has 0 aliphatic carbocycles. The first kappa shape index (κ1) is 7.37. The molecule has 0 saturated heterocycles. The lowest BCUT2D eigenvalue weighted by Gasteiger charge is -2.04. The van der Waals surface area contributed by atoms with Gasteiger partial charge < -0.3 is 4.55 Å². The van der Waals surface area contributed by atoms with Crippen molar-refractivity contribution in [3.05, 3.63) is 30.1 Å². The molecule has 1 rings (SSSR count). The lowest BCUT2D eigenvalue weighted by molar-refractivity contribution is 0.523. The molecule has 0 bridgehead atoms. The highest BCUT2D eigenvalue weighted by Crippen LogP contribution is 2.08. The monoisotopic (exact) mass is 159 g/mol. The lowest BCUT2D eigenvalue weighted by Crippen LogP contribution is -1.91. The zero-order valence-electron chi connectivity index (χ0n) is 4.91. The first-order valence-electron chi connectivity index (χ1n) is 2.55. The molecule has 0 aromatic heterocycles. The van der Waals surface area contributed by atoms with Gasteiger partial charge in [-0.1, -0.05) is 12.1 Å². The smallest absolute Gasteiger partial charge is 0.138 e. The van der Waals surface area contributed by atoms with Gasteiger partial charge in [-0.15, -0.1) is 0 Å². The summed E-state index contributed by atoms with van der Waals surface area (Å²) < 4.78 is 32.8. The number of halogens is 1. The van der Waals surface area contributed by atoms with Gasteiger partial charge in [-0.05, 0) is 23.2 Å². The number of benzene rings is 1. The van der Waals surface area contributed by atoms with Gasteiger partial charge in [0.25, 0.3) is 0 Å². The summed E-state index contributed by atoms with van der Waals surface area (Å²) in [6.07, 6.45) is 0. The highest BCUT2D eigenvalue weighted by atomic mass is 32.2. The predicted octanol–water partition coefficient (Wildman–Crippen LogP) is 1.06. The molecule has 4 heteroatoms. The Bertz CT molecular complexity index is 262. The number of rotatable bonds is 1. The standard InChI is InChI=1S/C6H5FO2S/c7-5-3-1-2-4-6(5)10(8)9/h1-4H,(H,8,9)/p-1. The van der Waals surface area contributed by atoms with Crippen molar-refractivity contribution in [3.63, 3.8) is 0 Å². The van der Waals surface area contributed by atoms with E-state index in [1.54, 1.807) is 0 Å². The van der Waals surface area contributed by atoms with Crippen LogP contribution in [-0.4, -0.2) is 8.76 Å². The SMILES string of the molecule is O=S([O-])c1ccccc1F. The molecule has 0 aliphatic heterocycles. The van der Waals surface area contributed by atoms with E-state index < -0.39 is 16.9 Å². The van der Waals surface area contributed by atoms with Gasteiger partial charge in [0.1, 0.15) is 5.82 Å². The van der Waals surface area contributed by atoms with Crippen LogP contribution in [-0.2, 0) is 11.1 Å². The topological polar surface area (TPSA) is 40.1 Å². The summed E-state index contributed by atoms with van der Waals surface area (Å²) >= 11 is -2.47. The first-order valence-corrected chi connectivity index (χ1v) is 3.63. The molecule has 0 radical (unpaired) electrons. The molecule has 0 saturated carbocycles. The van der Waals surface area contributed by atoms with Gasteiger partial charge in [0, 0.05) is 0 Å². The van der Waals surface area contributed by atoms with Crippen LogP contribution in [0.5, 0.6) is 0 Å². The van der Waals surface area contributed by atoms with Gasteiger partial charge in [0.05, 0.1) is 4.90 Å². The Morgan fingerprint density at radius 1 is 1.40 bits per heavy atom. The zero-order valence-corrected chi connectivity index (χ0v) is 5.73. The first-order chi connectivity index (χ1) is 4.72. The molecule has 1 aromatic rings. The maximum Gasteiger partial charge on any atom is 0.138 e. The molecule has 2 nitrogen and oxygen atoms in total. The van der Waals surface area contributed by atoms with E-state index in [2.05, 4.69) is 0 Å². The minimum Gasteiger partial charge on any atom is -0.768 e. The van der Waals surface area contributed by atoms with Crippen molar-refractivity contribution >= 4 is 11.1 Å². The summed E-state index contributed by atoms with van der Waals surface area (Å²) in [7, 11) is 0. The molecule has 0 amide bonds. The van der Waals surface area contributed by atoms with E-state index in [1.807, 2.05) is 0 Å². The Labute approximate surface area is 60.0 Å². The van der Waals surface area contributed by atoms with Gasteiger partial charge in [0.15, 0.2) is 0 Å². The summed E-state index contributed by atoms with van der Waals surface area (Å²) in [5.74, 6) is -0.712. The Balaban J connectivity index is 3.15. The minimum absolute atomic E-state index is 0.289. The summed E-state index contributed by atoms with van der Waals surface area (Å²) in [5.41, 5.74) is 0. The highest BCUT2D eigenvalue weighted by Gasteiger charge is 1.97. The van der Waals surface area contributed by atoms with Crippen molar-refractivity contribution in [3.8, 4) is 0 Å². The fraction of sp³-hybridized carbons (Fsp3) is 0. The average Bonchev–Trinajstić information content (AvgIpc) is 1.88. The minimum atomic E-state index is -2.47. The Kier molecular flexibility index (Phi) is 2.13. The van der Waals surface area contributed by atoms with Gasteiger partial charge in [-0.2, -0.15) is 0 Å². The number of hydrogen-bond donors (Lipinski definition) is 0. The van der Waals surface area contributed by atoms with Crippen LogP contribution in [0.15, 0.2) is 29.2 Å². The van der Waals surface area contributed by atoms with Gasteiger partial charge >= 0.3 is 0 Å². The third-order valence-electron chi connectivity index (χ3n) is 1.02. The van der Waals surface area contributed by atoms with Crippen LogP contribution in [0.1, 0.15) is 0 Å². The predicted molar refractivity (Wildman–Crippen MR) is 33.6 cm³/mol. The molecule has 0 aliphatic rings. The van der Waals surface area contributed by atoms with E-state index in [9.17, 15) is 13.2 Å². The summed E-state index contributed by atoms with van der Waals surface area (Å²) in [6, 6.07) is 5.21. The molecule has 0 N–H and O–H groups in total. The summed E-state index contributed by atoms with van der Waals surface area (Å²) in [5, 5.41) is 0. The Morgan fingerprint density at radius 2 is 2.00 bits per heavy atom. The van der Waals surface area contributed by atoms with E-state index in [1.165, 1.54) is 18.2 Å². The van der Waals surface area contributed by atoms with Crippen LogP contribution in [0, 0.1) is 5.82 Å². The fourth-order valence-electron chi connectivity index (χ4n) is 0.580. The molecule has 0 fully saturated rings. The second-order valence-corrected chi connectivity index (χ2v) is 2.57. The van der Waals surface area contributed by atoms with Crippen molar-refractivity contribution in [1.29, 1.82) is 0 Å². The largest absolute Gasteiger partial charge is 0.768 e. The van der Waals surface area contributed by atoms with E-state index >= 15 is 0 Å². The molecule has 0 heterocycles. The van der Waals surface area contributed by atoms with E-state index in [4.69, 9.17) is 0 Å². The van der Waals surface area contributed by atoms with Crippen LogP contribution >= 0.6 is 0 Å². The van der Waals surface area contributed by atoms with Crippen LogP contribution < -0.4 is 0 Å². The van der Waals surface area contributed by atoms with E-state index in [0.29, 0.717) is 0 Å². The Morgan fingerprint density at radius 3 is 2.40 bits per heavy atom. The summed E-state index contributed by atoms with van der Waals surface area (Å²) in [4.78, 5) is -0.289. The molecule has 0 spiro atoms. The van der Waals surface area contributed by atoms with Gasteiger partial charge in [-0.25, -0.2) is 4.39 Å². The Hall–Kier alpha value is -0.740. The fourth-order valence-corrected chi connectivity index (χ4v) is 0.997. The highest BCUT2D eigenvalue weighted by molar-refractivity contribution is 7.79. The van der Waals surface area contributed by atoms with Gasteiger partial charge in [0.2, 0.25) is 0 Å². The average molecular weight is 159 g/mol. The van der Waals surface area contributed by atoms with Gasteiger partial charge in [-0.3, -0.25) is 4.21 Å².